The predicted octanol–water partition coefficient (Wildman–Crippen LogP) is 0.584. The number of rotatable bonds is 3. The first-order valence-electron chi connectivity index (χ1n) is 3.49. The van der Waals surface area contributed by atoms with Gasteiger partial charge in [0.1, 0.15) is 0 Å². The van der Waals surface area contributed by atoms with Crippen molar-refractivity contribution in [1.82, 2.24) is 0 Å². The van der Waals surface area contributed by atoms with Gasteiger partial charge < -0.3 is 9.47 Å². The molecule has 1 rings (SSSR count). The minimum Gasteiger partial charge on any atom is -0.469 e. The van der Waals surface area contributed by atoms with E-state index in [1.807, 2.05) is 6.92 Å². The first kappa shape index (κ1) is 7.54. The number of methoxy groups -OCH3 is 1. The second kappa shape index (κ2) is 3.01. The van der Waals surface area contributed by atoms with Crippen molar-refractivity contribution in [3.8, 4) is 0 Å². The Bertz CT molecular complexity index is 133. The summed E-state index contributed by atoms with van der Waals surface area (Å²) in [4.78, 5) is 10.8. The minimum absolute atomic E-state index is 0.0185. The highest BCUT2D eigenvalue weighted by Crippen LogP contribution is 2.34. The molecule has 0 aliphatic heterocycles. The van der Waals surface area contributed by atoms with Gasteiger partial charge in [0, 0.05) is 6.61 Å². The van der Waals surface area contributed by atoms with Gasteiger partial charge in [-0.05, 0) is 13.3 Å². The summed E-state index contributed by atoms with van der Waals surface area (Å²) in [5.41, 5.74) is 0. The van der Waals surface area contributed by atoms with Gasteiger partial charge in [0.05, 0.1) is 19.1 Å². The van der Waals surface area contributed by atoms with Crippen molar-refractivity contribution in [2.75, 3.05) is 13.7 Å². The standard InChI is InChI=1S/C7H12O3/c1-3-10-6-4-5(6)7(8)9-2/h5-6H,3-4H2,1-2H3/t5-,6+/m0/s1. The molecule has 0 N–H and O–H groups in total. The summed E-state index contributed by atoms with van der Waals surface area (Å²) in [6, 6.07) is 0. The molecule has 2 atom stereocenters. The van der Waals surface area contributed by atoms with Crippen molar-refractivity contribution in [2.45, 2.75) is 19.4 Å². The van der Waals surface area contributed by atoms with Gasteiger partial charge in [0.25, 0.3) is 0 Å². The summed E-state index contributed by atoms with van der Waals surface area (Å²) in [6.45, 7) is 2.60. The topological polar surface area (TPSA) is 35.5 Å². The number of ether oxygens (including phenoxy) is 2. The molecule has 10 heavy (non-hydrogen) atoms. The molecule has 1 saturated carbocycles. The van der Waals surface area contributed by atoms with Crippen LogP contribution in [0.15, 0.2) is 0 Å². The lowest BCUT2D eigenvalue weighted by atomic mass is 10.4. The Morgan fingerprint density at radius 3 is 2.90 bits per heavy atom. The molecule has 1 aliphatic rings. The molecule has 3 heteroatoms. The van der Waals surface area contributed by atoms with E-state index in [2.05, 4.69) is 4.74 Å². The van der Waals surface area contributed by atoms with Crippen molar-refractivity contribution < 1.29 is 14.3 Å². The number of esters is 1. The van der Waals surface area contributed by atoms with Gasteiger partial charge >= 0.3 is 5.97 Å². The fraction of sp³-hybridized carbons (Fsp3) is 0.857. The summed E-state index contributed by atoms with van der Waals surface area (Å²) in [5, 5.41) is 0. The van der Waals surface area contributed by atoms with E-state index in [1.165, 1.54) is 7.11 Å². The van der Waals surface area contributed by atoms with Crippen LogP contribution in [0.4, 0.5) is 0 Å². The predicted molar refractivity (Wildman–Crippen MR) is 35.5 cm³/mol. The van der Waals surface area contributed by atoms with Gasteiger partial charge in [-0.25, -0.2) is 0 Å². The van der Waals surface area contributed by atoms with Crippen LogP contribution in [0, 0.1) is 5.92 Å². The highest BCUT2D eigenvalue weighted by Gasteiger charge is 2.44. The zero-order valence-electron chi connectivity index (χ0n) is 6.29. The molecule has 0 aromatic carbocycles. The van der Waals surface area contributed by atoms with Crippen molar-refractivity contribution in [2.24, 2.45) is 5.92 Å². The minimum atomic E-state index is -0.140. The molecule has 0 aromatic heterocycles. The maximum atomic E-state index is 10.8. The van der Waals surface area contributed by atoms with E-state index in [1.54, 1.807) is 0 Å². The third-order valence-electron chi connectivity index (χ3n) is 1.62. The van der Waals surface area contributed by atoms with Crippen LogP contribution in [0.2, 0.25) is 0 Å². The summed E-state index contributed by atoms with van der Waals surface area (Å²) in [5.74, 6) is -0.122. The third kappa shape index (κ3) is 1.48. The molecular weight excluding hydrogens is 132 g/mol. The van der Waals surface area contributed by atoms with Gasteiger partial charge in [-0.15, -0.1) is 0 Å². The molecule has 0 saturated heterocycles. The van der Waals surface area contributed by atoms with Crippen molar-refractivity contribution in [1.29, 1.82) is 0 Å². The third-order valence-corrected chi connectivity index (χ3v) is 1.62. The van der Waals surface area contributed by atoms with Crippen LogP contribution < -0.4 is 0 Å². The fourth-order valence-electron chi connectivity index (χ4n) is 0.969. The summed E-state index contributed by atoms with van der Waals surface area (Å²) < 4.78 is 9.72. The maximum absolute atomic E-state index is 10.8. The Hall–Kier alpha value is -0.570. The molecule has 0 heterocycles. The van der Waals surface area contributed by atoms with E-state index in [0.29, 0.717) is 6.61 Å². The number of hydrogen-bond acceptors (Lipinski definition) is 3. The van der Waals surface area contributed by atoms with Gasteiger partial charge in [0.2, 0.25) is 0 Å². The highest BCUT2D eigenvalue weighted by molar-refractivity contribution is 5.76. The van der Waals surface area contributed by atoms with Gasteiger partial charge in [-0.3, -0.25) is 4.79 Å². The average Bonchev–Trinajstić information content (AvgIpc) is 2.67. The monoisotopic (exact) mass is 144 g/mol. The van der Waals surface area contributed by atoms with Gasteiger partial charge in [-0.2, -0.15) is 0 Å². The lowest BCUT2D eigenvalue weighted by molar-refractivity contribution is -0.143. The maximum Gasteiger partial charge on any atom is 0.311 e. The number of carbonyl (C=O) groups is 1. The molecule has 58 valence electrons. The van der Waals surface area contributed by atoms with Crippen molar-refractivity contribution >= 4 is 5.97 Å². The number of hydrogen-bond donors (Lipinski definition) is 0. The quantitative estimate of drug-likeness (QED) is 0.544. The van der Waals surface area contributed by atoms with Crippen LogP contribution in [-0.2, 0) is 14.3 Å². The Kier molecular flexibility index (Phi) is 2.27. The van der Waals surface area contributed by atoms with Crippen LogP contribution in [0.1, 0.15) is 13.3 Å². The Balaban J connectivity index is 2.18. The molecule has 0 radical (unpaired) electrons. The molecular formula is C7H12O3. The van der Waals surface area contributed by atoms with E-state index < -0.39 is 0 Å². The van der Waals surface area contributed by atoms with E-state index in [9.17, 15) is 4.79 Å². The Labute approximate surface area is 60.3 Å². The Morgan fingerprint density at radius 2 is 2.40 bits per heavy atom. The normalized spacial score (nSPS) is 29.8. The van der Waals surface area contributed by atoms with Crippen LogP contribution in [0.3, 0.4) is 0 Å². The van der Waals surface area contributed by atoms with Gasteiger partial charge in [-0.1, -0.05) is 0 Å². The number of carbonyl (C=O) groups excluding carboxylic acids is 1. The van der Waals surface area contributed by atoms with Crippen LogP contribution in [0.25, 0.3) is 0 Å². The SMILES string of the molecule is CCO[C@@H]1C[C@@H]1C(=O)OC. The lowest BCUT2D eigenvalue weighted by Crippen LogP contribution is -2.08. The molecule has 0 bridgehead atoms. The Morgan fingerprint density at radius 1 is 1.70 bits per heavy atom. The largest absolute Gasteiger partial charge is 0.469 e. The summed E-state index contributed by atoms with van der Waals surface area (Å²) in [7, 11) is 1.41. The average molecular weight is 144 g/mol. The first-order valence-corrected chi connectivity index (χ1v) is 3.49. The molecule has 1 aliphatic carbocycles. The smallest absolute Gasteiger partial charge is 0.311 e. The molecule has 3 nitrogen and oxygen atoms in total. The molecule has 1 fully saturated rings. The van der Waals surface area contributed by atoms with Crippen molar-refractivity contribution in [3.63, 3.8) is 0 Å². The highest BCUT2D eigenvalue weighted by atomic mass is 16.5. The zero-order valence-corrected chi connectivity index (χ0v) is 6.29. The molecule has 0 aromatic rings. The fourth-order valence-corrected chi connectivity index (χ4v) is 0.969. The summed E-state index contributed by atoms with van der Waals surface area (Å²) >= 11 is 0. The van der Waals surface area contributed by atoms with E-state index in [0.717, 1.165) is 6.42 Å². The second-order valence-corrected chi connectivity index (χ2v) is 2.36. The first-order chi connectivity index (χ1) is 4.79. The van der Waals surface area contributed by atoms with Gasteiger partial charge in [0.15, 0.2) is 0 Å². The molecule has 0 amide bonds. The van der Waals surface area contributed by atoms with Crippen LogP contribution >= 0.6 is 0 Å². The van der Waals surface area contributed by atoms with Crippen molar-refractivity contribution in [3.05, 3.63) is 0 Å². The molecule has 0 unspecified atom stereocenters. The van der Waals surface area contributed by atoms with E-state index in [-0.39, 0.29) is 18.0 Å². The molecule has 0 spiro atoms. The zero-order chi connectivity index (χ0) is 7.56. The van der Waals surface area contributed by atoms with Crippen LogP contribution in [0.5, 0.6) is 0 Å². The second-order valence-electron chi connectivity index (χ2n) is 2.36. The lowest BCUT2D eigenvalue weighted by Gasteiger charge is -1.97. The van der Waals surface area contributed by atoms with Crippen LogP contribution in [-0.4, -0.2) is 25.8 Å². The van der Waals surface area contributed by atoms with E-state index >= 15 is 0 Å². The van der Waals surface area contributed by atoms with E-state index in [4.69, 9.17) is 4.74 Å². The summed E-state index contributed by atoms with van der Waals surface area (Å²) in [6.07, 6.45) is 0.970.